The van der Waals surface area contributed by atoms with Crippen molar-refractivity contribution >= 4 is 34.8 Å². The van der Waals surface area contributed by atoms with Gasteiger partial charge in [-0.15, -0.1) is 0 Å². The van der Waals surface area contributed by atoms with Crippen molar-refractivity contribution < 1.29 is 14.4 Å². The summed E-state index contributed by atoms with van der Waals surface area (Å²) in [6, 6.07) is 23.8. The summed E-state index contributed by atoms with van der Waals surface area (Å²) in [5.41, 5.74) is 3.63. The van der Waals surface area contributed by atoms with Crippen molar-refractivity contribution in [2.45, 2.75) is 19.8 Å². The first-order valence-corrected chi connectivity index (χ1v) is 10.9. The lowest BCUT2D eigenvalue weighted by molar-refractivity contribution is -0.116. The van der Waals surface area contributed by atoms with Crippen molar-refractivity contribution in [2.24, 2.45) is 0 Å². The minimum Gasteiger partial charge on any atom is -0.376 e. The number of nitrogens with one attached hydrogen (secondary N) is 4. The first-order valence-electron chi connectivity index (χ1n) is 10.9. The van der Waals surface area contributed by atoms with Gasteiger partial charge in [-0.2, -0.15) is 0 Å². The first kappa shape index (κ1) is 23.5. The van der Waals surface area contributed by atoms with Crippen LogP contribution in [0.4, 0.5) is 17.1 Å². The van der Waals surface area contributed by atoms with Gasteiger partial charge >= 0.3 is 0 Å². The van der Waals surface area contributed by atoms with E-state index in [2.05, 4.69) is 21.3 Å². The van der Waals surface area contributed by atoms with Gasteiger partial charge in [0.2, 0.25) is 11.8 Å². The Balaban J connectivity index is 1.45. The molecule has 3 rings (SSSR count). The van der Waals surface area contributed by atoms with E-state index in [1.54, 1.807) is 48.5 Å². The van der Waals surface area contributed by atoms with E-state index in [0.29, 0.717) is 36.3 Å². The average Bonchev–Trinajstić information content (AvgIpc) is 2.83. The van der Waals surface area contributed by atoms with Crippen molar-refractivity contribution in [2.75, 3.05) is 29.0 Å². The monoisotopic (exact) mass is 444 g/mol. The van der Waals surface area contributed by atoms with Crippen LogP contribution in [0.1, 0.15) is 29.3 Å². The summed E-state index contributed by atoms with van der Waals surface area (Å²) in [6.07, 6.45) is 1.04. The molecule has 0 bridgehead atoms. The third kappa shape index (κ3) is 7.81. The highest BCUT2D eigenvalue weighted by Gasteiger charge is 2.07. The number of hydrogen-bond donors (Lipinski definition) is 4. The highest BCUT2D eigenvalue weighted by molar-refractivity contribution is 5.96. The molecular formula is C26H28N4O3. The lowest BCUT2D eigenvalue weighted by Gasteiger charge is -2.10. The van der Waals surface area contributed by atoms with E-state index in [1.807, 2.05) is 37.3 Å². The van der Waals surface area contributed by atoms with Gasteiger partial charge in [0.05, 0.1) is 6.54 Å². The van der Waals surface area contributed by atoms with Gasteiger partial charge in [0.15, 0.2) is 0 Å². The van der Waals surface area contributed by atoms with E-state index >= 15 is 0 Å². The van der Waals surface area contributed by atoms with Crippen molar-refractivity contribution in [3.8, 4) is 0 Å². The van der Waals surface area contributed by atoms with E-state index in [9.17, 15) is 14.4 Å². The van der Waals surface area contributed by atoms with Crippen LogP contribution in [0.3, 0.4) is 0 Å². The summed E-state index contributed by atoms with van der Waals surface area (Å²) in [5.74, 6) is -0.441. The number of benzene rings is 3. The third-order valence-electron chi connectivity index (χ3n) is 4.85. The van der Waals surface area contributed by atoms with E-state index in [-0.39, 0.29) is 24.3 Å². The zero-order chi connectivity index (χ0) is 23.5. The van der Waals surface area contributed by atoms with Gasteiger partial charge in [-0.25, -0.2) is 0 Å². The number of carbonyl (C=O) groups excluding carboxylic acids is 3. The molecule has 33 heavy (non-hydrogen) atoms. The normalized spacial score (nSPS) is 10.2. The molecule has 0 aliphatic heterocycles. The summed E-state index contributed by atoms with van der Waals surface area (Å²) in [7, 11) is 0. The maximum absolute atomic E-state index is 12.3. The Morgan fingerprint density at radius 1 is 0.727 bits per heavy atom. The zero-order valence-corrected chi connectivity index (χ0v) is 18.6. The highest BCUT2D eigenvalue weighted by Crippen LogP contribution is 2.16. The Bertz CT molecular complexity index is 1080. The van der Waals surface area contributed by atoms with E-state index < -0.39 is 0 Å². The minimum atomic E-state index is -0.227. The van der Waals surface area contributed by atoms with E-state index in [4.69, 9.17) is 0 Å². The highest BCUT2D eigenvalue weighted by atomic mass is 16.2. The Morgan fingerprint density at radius 2 is 1.39 bits per heavy atom. The molecule has 0 spiro atoms. The molecule has 0 aliphatic carbocycles. The number of aryl methyl sites for hydroxylation is 1. The molecule has 3 amide bonds. The van der Waals surface area contributed by atoms with Gasteiger partial charge in [-0.3, -0.25) is 14.4 Å². The van der Waals surface area contributed by atoms with E-state index in [0.717, 1.165) is 11.3 Å². The van der Waals surface area contributed by atoms with Crippen LogP contribution in [0, 0.1) is 0 Å². The second-order valence-electron chi connectivity index (χ2n) is 7.45. The molecule has 3 aromatic carbocycles. The van der Waals surface area contributed by atoms with Crippen molar-refractivity contribution in [1.29, 1.82) is 0 Å². The van der Waals surface area contributed by atoms with Gasteiger partial charge in [-0.05, 0) is 61.4 Å². The van der Waals surface area contributed by atoms with Crippen molar-refractivity contribution in [3.05, 3.63) is 90.0 Å². The largest absolute Gasteiger partial charge is 0.376 e. The molecule has 0 fully saturated rings. The van der Waals surface area contributed by atoms with Crippen LogP contribution in [0.15, 0.2) is 78.9 Å². The number of hydrogen-bond acceptors (Lipinski definition) is 4. The molecule has 0 heterocycles. The van der Waals surface area contributed by atoms with Gasteiger partial charge < -0.3 is 21.3 Å². The van der Waals surface area contributed by atoms with E-state index in [1.165, 1.54) is 0 Å². The number of rotatable bonds is 10. The van der Waals surface area contributed by atoms with Crippen LogP contribution in [0.2, 0.25) is 0 Å². The Morgan fingerprint density at radius 3 is 2.06 bits per heavy atom. The van der Waals surface area contributed by atoms with Gasteiger partial charge in [-0.1, -0.05) is 36.4 Å². The van der Waals surface area contributed by atoms with Gasteiger partial charge in [0, 0.05) is 35.6 Å². The number of anilines is 3. The molecule has 0 unspecified atom stereocenters. The van der Waals surface area contributed by atoms with Crippen LogP contribution in [0.25, 0.3) is 0 Å². The molecule has 0 radical (unpaired) electrons. The maximum Gasteiger partial charge on any atom is 0.251 e. The van der Waals surface area contributed by atoms with Crippen molar-refractivity contribution in [1.82, 2.24) is 5.32 Å². The average molecular weight is 445 g/mol. The molecule has 0 aliphatic rings. The van der Waals surface area contributed by atoms with Crippen LogP contribution < -0.4 is 21.3 Å². The summed E-state index contributed by atoms with van der Waals surface area (Å²) < 4.78 is 0. The number of carbonyl (C=O) groups is 3. The maximum atomic E-state index is 12.3. The Hall–Kier alpha value is -4.13. The molecule has 0 saturated heterocycles. The quantitative estimate of drug-likeness (QED) is 0.379. The minimum absolute atomic E-state index is 0.0637. The Kier molecular flexibility index (Phi) is 8.59. The summed E-state index contributed by atoms with van der Waals surface area (Å²) in [5, 5.41) is 11.4. The second-order valence-corrected chi connectivity index (χ2v) is 7.45. The predicted octanol–water partition coefficient (Wildman–Crippen LogP) is 4.06. The van der Waals surface area contributed by atoms with Gasteiger partial charge in [0.25, 0.3) is 5.91 Å². The third-order valence-corrected chi connectivity index (χ3v) is 4.85. The second kappa shape index (κ2) is 12.0. The lowest BCUT2D eigenvalue weighted by atomic mass is 10.1. The zero-order valence-electron chi connectivity index (χ0n) is 18.6. The van der Waals surface area contributed by atoms with Crippen LogP contribution in [-0.4, -0.2) is 30.8 Å². The topological polar surface area (TPSA) is 99.3 Å². The fraction of sp³-hybridized carbons (Fsp3) is 0.192. The van der Waals surface area contributed by atoms with Gasteiger partial charge in [0.1, 0.15) is 0 Å². The fourth-order valence-electron chi connectivity index (χ4n) is 3.19. The summed E-state index contributed by atoms with van der Waals surface area (Å²) >= 11 is 0. The Labute approximate surface area is 193 Å². The summed E-state index contributed by atoms with van der Waals surface area (Å²) in [6.45, 7) is 2.49. The van der Waals surface area contributed by atoms with Crippen LogP contribution >= 0.6 is 0 Å². The molecule has 0 saturated carbocycles. The van der Waals surface area contributed by atoms with Crippen LogP contribution in [-0.2, 0) is 16.0 Å². The summed E-state index contributed by atoms with van der Waals surface area (Å²) in [4.78, 5) is 36.4. The standard InChI is InChI=1S/C26H28N4O3/c1-2-27-26(33)20-12-14-21(15-13-20)28-18-25(32)30-23-10-6-9-22(17-23)29-24(31)16-11-19-7-4-3-5-8-19/h3-10,12-15,17,28H,2,11,16,18H2,1H3,(H,27,33)(H,29,31)(H,30,32). The SMILES string of the molecule is CCNC(=O)c1ccc(NCC(=O)Nc2cccc(NC(=O)CCc3ccccc3)c2)cc1. The molecule has 0 atom stereocenters. The van der Waals surface area contributed by atoms with Crippen LogP contribution in [0.5, 0.6) is 0 Å². The molecule has 4 N–H and O–H groups in total. The molecule has 3 aromatic rings. The fourth-order valence-corrected chi connectivity index (χ4v) is 3.19. The molecule has 0 aromatic heterocycles. The molecular weight excluding hydrogens is 416 g/mol. The first-order chi connectivity index (χ1) is 16.0. The molecule has 170 valence electrons. The van der Waals surface area contributed by atoms with Crippen molar-refractivity contribution in [3.63, 3.8) is 0 Å². The predicted molar refractivity (Wildman–Crippen MR) is 131 cm³/mol. The smallest absolute Gasteiger partial charge is 0.251 e. The molecule has 7 heteroatoms. The number of amides is 3. The lowest BCUT2D eigenvalue weighted by Crippen LogP contribution is -2.23. The molecule has 7 nitrogen and oxygen atoms in total.